The second-order valence-corrected chi connectivity index (χ2v) is 6.73. The first kappa shape index (κ1) is 21.1. The van der Waals surface area contributed by atoms with Crippen LogP contribution in [0.25, 0.3) is 6.08 Å². The summed E-state index contributed by atoms with van der Waals surface area (Å²) in [4.78, 5) is 28.4. The zero-order valence-electron chi connectivity index (χ0n) is 17.0. The molecule has 1 heterocycles. The van der Waals surface area contributed by atoms with E-state index < -0.39 is 0 Å². The van der Waals surface area contributed by atoms with Crippen LogP contribution < -0.4 is 16.0 Å². The number of ether oxygens (including phenoxy) is 1. The smallest absolute Gasteiger partial charge is 0.330 e. The number of nitrogens with zero attached hydrogens (tertiary/aromatic N) is 1. The van der Waals surface area contributed by atoms with E-state index >= 15 is 0 Å². The number of amides is 1. The lowest BCUT2D eigenvalue weighted by Gasteiger charge is -2.16. The Kier molecular flexibility index (Phi) is 7.60. The van der Waals surface area contributed by atoms with Gasteiger partial charge in [0.1, 0.15) is 0 Å². The Labute approximate surface area is 176 Å². The molecule has 3 rings (SSSR count). The van der Waals surface area contributed by atoms with E-state index in [2.05, 4.69) is 20.9 Å². The summed E-state index contributed by atoms with van der Waals surface area (Å²) in [6.07, 6.45) is 4.11. The van der Waals surface area contributed by atoms with Gasteiger partial charge in [0, 0.05) is 37.0 Å². The van der Waals surface area contributed by atoms with Gasteiger partial charge < -0.3 is 20.7 Å². The molecule has 0 unspecified atom stereocenters. The minimum absolute atomic E-state index is 0.162. The molecule has 0 radical (unpaired) electrons. The van der Waals surface area contributed by atoms with Crippen LogP contribution in [-0.4, -0.2) is 37.5 Å². The molecule has 0 spiro atoms. The van der Waals surface area contributed by atoms with Crippen molar-refractivity contribution in [3.05, 3.63) is 71.3 Å². The van der Waals surface area contributed by atoms with Crippen LogP contribution >= 0.6 is 0 Å². The largest absolute Gasteiger partial charge is 0.463 e. The number of aliphatic imine (C=N–C) groups is 1. The van der Waals surface area contributed by atoms with Gasteiger partial charge in [0.2, 0.25) is 0 Å². The van der Waals surface area contributed by atoms with Crippen LogP contribution in [0.2, 0.25) is 0 Å². The first-order chi connectivity index (χ1) is 14.6. The Morgan fingerprint density at radius 1 is 1.20 bits per heavy atom. The fourth-order valence-corrected chi connectivity index (χ4v) is 2.94. The minimum atomic E-state index is -0.376. The Morgan fingerprint density at radius 2 is 2.07 bits per heavy atom. The van der Waals surface area contributed by atoms with Crippen molar-refractivity contribution in [2.75, 3.05) is 25.0 Å². The van der Waals surface area contributed by atoms with Crippen LogP contribution in [0.15, 0.2) is 59.6 Å². The predicted octanol–water partition coefficient (Wildman–Crippen LogP) is 2.95. The highest BCUT2D eigenvalue weighted by Crippen LogP contribution is 2.12. The molecule has 0 saturated heterocycles. The predicted molar refractivity (Wildman–Crippen MR) is 118 cm³/mol. The second kappa shape index (κ2) is 10.8. The molecule has 156 valence electrons. The zero-order chi connectivity index (χ0) is 21.2. The maximum Gasteiger partial charge on any atom is 0.330 e. The van der Waals surface area contributed by atoms with Crippen molar-refractivity contribution >= 4 is 29.6 Å². The summed E-state index contributed by atoms with van der Waals surface area (Å²) in [5.74, 6) is 0.190. The normalized spacial score (nSPS) is 13.3. The number of anilines is 1. The molecular formula is C23H26N4O3. The van der Waals surface area contributed by atoms with E-state index in [4.69, 9.17) is 4.74 Å². The fraction of sp³-hybridized carbons (Fsp3) is 0.261. The minimum Gasteiger partial charge on any atom is -0.463 e. The van der Waals surface area contributed by atoms with E-state index in [-0.39, 0.29) is 11.9 Å². The summed E-state index contributed by atoms with van der Waals surface area (Å²) in [6.45, 7) is 4.17. The molecule has 0 saturated carbocycles. The number of guanidine groups is 1. The fourth-order valence-electron chi connectivity index (χ4n) is 2.94. The van der Waals surface area contributed by atoms with Crippen molar-refractivity contribution in [2.45, 2.75) is 19.9 Å². The third-order valence-corrected chi connectivity index (χ3v) is 4.39. The van der Waals surface area contributed by atoms with E-state index in [9.17, 15) is 9.59 Å². The lowest BCUT2D eigenvalue weighted by Crippen LogP contribution is -2.35. The maximum atomic E-state index is 12.6. The van der Waals surface area contributed by atoms with E-state index in [1.165, 1.54) is 6.08 Å². The topological polar surface area (TPSA) is 91.8 Å². The Hall–Kier alpha value is -3.61. The lowest BCUT2D eigenvalue weighted by molar-refractivity contribution is -0.137. The Balaban J connectivity index is 1.58. The van der Waals surface area contributed by atoms with Crippen molar-refractivity contribution in [1.82, 2.24) is 10.6 Å². The van der Waals surface area contributed by atoms with E-state index in [1.807, 2.05) is 36.4 Å². The highest BCUT2D eigenvalue weighted by atomic mass is 16.5. The molecule has 1 aliphatic heterocycles. The van der Waals surface area contributed by atoms with Gasteiger partial charge in [0.25, 0.3) is 5.91 Å². The number of esters is 1. The monoisotopic (exact) mass is 406 g/mol. The zero-order valence-corrected chi connectivity index (χ0v) is 17.0. The van der Waals surface area contributed by atoms with Gasteiger partial charge in [-0.15, -0.1) is 0 Å². The molecule has 0 fully saturated rings. The number of carbonyl (C=O) groups is 2. The van der Waals surface area contributed by atoms with E-state index in [0.717, 1.165) is 42.3 Å². The van der Waals surface area contributed by atoms with E-state index in [1.54, 1.807) is 25.1 Å². The van der Waals surface area contributed by atoms with Crippen molar-refractivity contribution in [3.63, 3.8) is 0 Å². The van der Waals surface area contributed by atoms with Crippen molar-refractivity contribution in [1.29, 1.82) is 0 Å². The van der Waals surface area contributed by atoms with Crippen molar-refractivity contribution in [2.24, 2.45) is 4.99 Å². The molecule has 2 aromatic rings. The summed E-state index contributed by atoms with van der Waals surface area (Å²) in [5.41, 5.74) is 3.17. The summed E-state index contributed by atoms with van der Waals surface area (Å²) in [7, 11) is 0. The van der Waals surface area contributed by atoms with Gasteiger partial charge >= 0.3 is 5.97 Å². The molecule has 3 N–H and O–H groups in total. The van der Waals surface area contributed by atoms with Crippen LogP contribution in [0.5, 0.6) is 0 Å². The average molecular weight is 406 g/mol. The SMILES string of the molecule is CCOC(=O)/C=C/c1cccc(CNC(=O)c2cccc(NC3=NCCCN3)c2)c1. The highest BCUT2D eigenvalue weighted by Gasteiger charge is 2.08. The molecule has 2 aromatic carbocycles. The molecule has 1 amide bonds. The standard InChI is InChI=1S/C23H26N4O3/c1-2-30-21(28)11-10-17-6-3-7-18(14-17)16-26-22(29)19-8-4-9-20(15-19)27-23-24-12-5-13-25-23/h3-4,6-11,14-15H,2,5,12-13,16H2,1H3,(H,26,29)(H2,24,25,27)/b11-10+. The Bertz CT molecular complexity index is 953. The lowest BCUT2D eigenvalue weighted by atomic mass is 10.1. The van der Waals surface area contributed by atoms with Crippen LogP contribution in [0, 0.1) is 0 Å². The van der Waals surface area contributed by atoms with Gasteiger partial charge in [-0.25, -0.2) is 4.79 Å². The van der Waals surface area contributed by atoms with Gasteiger partial charge in [-0.05, 0) is 54.8 Å². The van der Waals surface area contributed by atoms with Gasteiger partial charge in [0.05, 0.1) is 6.61 Å². The number of carbonyl (C=O) groups excluding carboxylic acids is 2. The summed E-state index contributed by atoms with van der Waals surface area (Å²) < 4.78 is 4.88. The van der Waals surface area contributed by atoms with Gasteiger partial charge in [0.15, 0.2) is 5.96 Å². The first-order valence-electron chi connectivity index (χ1n) is 10.0. The number of rotatable bonds is 7. The quantitative estimate of drug-likeness (QED) is 0.486. The summed E-state index contributed by atoms with van der Waals surface area (Å²) >= 11 is 0. The van der Waals surface area contributed by atoms with Crippen LogP contribution in [0.4, 0.5) is 5.69 Å². The maximum absolute atomic E-state index is 12.6. The van der Waals surface area contributed by atoms with Crippen molar-refractivity contribution < 1.29 is 14.3 Å². The first-order valence-corrected chi connectivity index (χ1v) is 10.0. The molecular weight excluding hydrogens is 380 g/mol. The van der Waals surface area contributed by atoms with Crippen LogP contribution in [-0.2, 0) is 16.1 Å². The van der Waals surface area contributed by atoms with Gasteiger partial charge in [-0.3, -0.25) is 9.79 Å². The molecule has 7 heteroatoms. The molecule has 1 aliphatic rings. The van der Waals surface area contributed by atoms with Crippen LogP contribution in [0.3, 0.4) is 0 Å². The van der Waals surface area contributed by atoms with Crippen LogP contribution in [0.1, 0.15) is 34.8 Å². The molecule has 30 heavy (non-hydrogen) atoms. The highest BCUT2D eigenvalue weighted by molar-refractivity contribution is 5.98. The molecule has 7 nitrogen and oxygen atoms in total. The molecule has 0 aromatic heterocycles. The molecule has 0 atom stereocenters. The van der Waals surface area contributed by atoms with Crippen molar-refractivity contribution in [3.8, 4) is 0 Å². The van der Waals surface area contributed by atoms with Gasteiger partial charge in [-0.1, -0.05) is 24.3 Å². The summed E-state index contributed by atoms with van der Waals surface area (Å²) in [5, 5.41) is 9.33. The second-order valence-electron chi connectivity index (χ2n) is 6.73. The number of benzene rings is 2. The third-order valence-electron chi connectivity index (χ3n) is 4.39. The number of hydrogen-bond acceptors (Lipinski definition) is 6. The third kappa shape index (κ3) is 6.48. The number of nitrogens with one attached hydrogen (secondary N) is 3. The average Bonchev–Trinajstić information content (AvgIpc) is 2.77. The van der Waals surface area contributed by atoms with E-state index in [0.29, 0.717) is 18.7 Å². The van der Waals surface area contributed by atoms with Gasteiger partial charge in [-0.2, -0.15) is 0 Å². The summed E-state index contributed by atoms with van der Waals surface area (Å²) in [6, 6.07) is 14.9. The Morgan fingerprint density at radius 3 is 2.87 bits per heavy atom. The molecule has 0 aliphatic carbocycles. The molecule has 0 bridgehead atoms. The number of hydrogen-bond donors (Lipinski definition) is 3.